The summed E-state index contributed by atoms with van der Waals surface area (Å²) in [5.41, 5.74) is 8.83. The smallest absolute Gasteiger partial charge is 0.0855 e. The Bertz CT molecular complexity index is 541. The zero-order valence-electron chi connectivity index (χ0n) is 11.4. The van der Waals surface area contributed by atoms with Crippen molar-refractivity contribution in [1.29, 1.82) is 0 Å². The van der Waals surface area contributed by atoms with Gasteiger partial charge in [-0.15, -0.1) is 0 Å². The molecular formula is C16H20N2O. The maximum Gasteiger partial charge on any atom is 0.0855 e. The maximum absolute atomic E-state index is 10.0. The van der Waals surface area contributed by atoms with Crippen LogP contribution in [-0.2, 0) is 12.0 Å². The summed E-state index contributed by atoms with van der Waals surface area (Å²) in [6, 6.07) is 10.3. The molecule has 0 bridgehead atoms. The van der Waals surface area contributed by atoms with Crippen LogP contribution in [0.25, 0.3) is 11.1 Å². The van der Waals surface area contributed by atoms with E-state index in [1.165, 1.54) is 5.56 Å². The summed E-state index contributed by atoms with van der Waals surface area (Å²) >= 11 is 0. The highest BCUT2D eigenvalue weighted by Gasteiger charge is 2.16. The van der Waals surface area contributed by atoms with E-state index in [4.69, 9.17) is 5.73 Å². The highest BCUT2D eigenvalue weighted by atomic mass is 16.3. The lowest BCUT2D eigenvalue weighted by atomic mass is 9.96. The summed E-state index contributed by atoms with van der Waals surface area (Å²) < 4.78 is 0. The van der Waals surface area contributed by atoms with Crippen molar-refractivity contribution < 1.29 is 5.11 Å². The zero-order chi connectivity index (χ0) is 13.9. The second kappa shape index (κ2) is 5.51. The Hall–Kier alpha value is -1.71. The van der Waals surface area contributed by atoms with Crippen LogP contribution in [0.3, 0.4) is 0 Å². The van der Waals surface area contributed by atoms with Crippen molar-refractivity contribution in [2.45, 2.75) is 25.9 Å². The molecule has 3 N–H and O–H groups in total. The van der Waals surface area contributed by atoms with E-state index in [-0.39, 0.29) is 0 Å². The van der Waals surface area contributed by atoms with Gasteiger partial charge in [0.1, 0.15) is 0 Å². The van der Waals surface area contributed by atoms with Crippen molar-refractivity contribution in [3.8, 4) is 11.1 Å². The van der Waals surface area contributed by atoms with Gasteiger partial charge in [-0.25, -0.2) is 0 Å². The SMILES string of the molecule is CC(C)(O)c1cncc(-c2ccc(CCN)cc2)c1. The van der Waals surface area contributed by atoms with Crippen molar-refractivity contribution in [2.75, 3.05) is 6.54 Å². The number of hydrogen-bond acceptors (Lipinski definition) is 3. The highest BCUT2D eigenvalue weighted by Crippen LogP contribution is 2.25. The predicted octanol–water partition coefficient (Wildman–Crippen LogP) is 2.48. The third-order valence-corrected chi connectivity index (χ3v) is 3.16. The van der Waals surface area contributed by atoms with Crippen LogP contribution in [0.15, 0.2) is 42.7 Å². The van der Waals surface area contributed by atoms with E-state index in [1.54, 1.807) is 20.0 Å². The number of pyridine rings is 1. The molecule has 2 rings (SSSR count). The van der Waals surface area contributed by atoms with Crippen molar-refractivity contribution in [2.24, 2.45) is 5.73 Å². The van der Waals surface area contributed by atoms with Crippen LogP contribution in [0.1, 0.15) is 25.0 Å². The number of rotatable bonds is 4. The van der Waals surface area contributed by atoms with Crippen LogP contribution in [0.2, 0.25) is 0 Å². The fourth-order valence-corrected chi connectivity index (χ4v) is 1.96. The first-order valence-electron chi connectivity index (χ1n) is 6.48. The van der Waals surface area contributed by atoms with Gasteiger partial charge in [-0.1, -0.05) is 24.3 Å². The molecule has 1 heterocycles. The molecule has 1 aromatic heterocycles. The Morgan fingerprint density at radius 1 is 1.11 bits per heavy atom. The van der Waals surface area contributed by atoms with E-state index in [0.29, 0.717) is 6.54 Å². The fraction of sp³-hybridized carbons (Fsp3) is 0.312. The number of hydrogen-bond donors (Lipinski definition) is 2. The molecule has 0 aliphatic heterocycles. The highest BCUT2D eigenvalue weighted by molar-refractivity contribution is 5.63. The van der Waals surface area contributed by atoms with Crippen LogP contribution in [-0.4, -0.2) is 16.6 Å². The van der Waals surface area contributed by atoms with Gasteiger partial charge in [0.15, 0.2) is 0 Å². The molecule has 0 spiro atoms. The number of nitrogens with two attached hydrogens (primary N) is 1. The van der Waals surface area contributed by atoms with Crippen LogP contribution in [0.5, 0.6) is 0 Å². The molecule has 0 atom stereocenters. The Morgan fingerprint density at radius 2 is 1.79 bits per heavy atom. The Kier molecular flexibility index (Phi) is 3.98. The van der Waals surface area contributed by atoms with Gasteiger partial charge in [0.2, 0.25) is 0 Å². The summed E-state index contributed by atoms with van der Waals surface area (Å²) in [6.07, 6.45) is 4.40. The molecule has 3 heteroatoms. The first-order valence-corrected chi connectivity index (χ1v) is 6.48. The normalized spacial score (nSPS) is 11.6. The summed E-state index contributed by atoms with van der Waals surface area (Å²) in [7, 11) is 0. The van der Waals surface area contributed by atoms with Gasteiger partial charge in [0.05, 0.1) is 5.60 Å². The molecule has 0 amide bonds. The molecule has 0 aliphatic rings. The van der Waals surface area contributed by atoms with E-state index in [2.05, 4.69) is 29.2 Å². The lowest BCUT2D eigenvalue weighted by Gasteiger charge is -2.18. The largest absolute Gasteiger partial charge is 0.386 e. The molecule has 100 valence electrons. The van der Waals surface area contributed by atoms with Crippen molar-refractivity contribution >= 4 is 0 Å². The minimum Gasteiger partial charge on any atom is -0.386 e. The molecule has 0 unspecified atom stereocenters. The average Bonchev–Trinajstić information content (AvgIpc) is 2.39. The molecule has 0 saturated heterocycles. The first-order chi connectivity index (χ1) is 9.00. The average molecular weight is 256 g/mol. The van der Waals surface area contributed by atoms with Gasteiger partial charge in [0, 0.05) is 23.5 Å². The molecule has 0 aliphatic carbocycles. The van der Waals surface area contributed by atoms with Crippen LogP contribution >= 0.6 is 0 Å². The molecule has 19 heavy (non-hydrogen) atoms. The molecular weight excluding hydrogens is 236 g/mol. The van der Waals surface area contributed by atoms with Crippen molar-refractivity contribution in [3.63, 3.8) is 0 Å². The van der Waals surface area contributed by atoms with E-state index < -0.39 is 5.60 Å². The molecule has 1 aromatic carbocycles. The molecule has 2 aromatic rings. The second-order valence-electron chi connectivity index (χ2n) is 5.26. The third kappa shape index (κ3) is 3.40. The fourth-order valence-electron chi connectivity index (χ4n) is 1.96. The van der Waals surface area contributed by atoms with E-state index in [0.717, 1.165) is 23.1 Å². The Morgan fingerprint density at radius 3 is 2.37 bits per heavy atom. The topological polar surface area (TPSA) is 59.1 Å². The predicted molar refractivity (Wildman–Crippen MR) is 77.7 cm³/mol. The van der Waals surface area contributed by atoms with Crippen LogP contribution < -0.4 is 5.73 Å². The standard InChI is InChI=1S/C16H20N2O/c1-16(2,19)15-9-14(10-18-11-15)13-5-3-12(4-6-13)7-8-17/h3-6,9-11,19H,7-8,17H2,1-2H3. The molecule has 0 saturated carbocycles. The minimum atomic E-state index is -0.873. The molecule has 0 fully saturated rings. The van der Waals surface area contributed by atoms with Crippen molar-refractivity contribution in [3.05, 3.63) is 53.9 Å². The van der Waals surface area contributed by atoms with E-state index >= 15 is 0 Å². The zero-order valence-corrected chi connectivity index (χ0v) is 11.4. The quantitative estimate of drug-likeness (QED) is 0.883. The lowest BCUT2D eigenvalue weighted by Crippen LogP contribution is -2.15. The summed E-state index contributed by atoms with van der Waals surface area (Å²) in [5.74, 6) is 0. The first kappa shape index (κ1) is 13.7. The maximum atomic E-state index is 10.0. The van der Waals surface area contributed by atoms with Gasteiger partial charge in [0.25, 0.3) is 0 Å². The van der Waals surface area contributed by atoms with E-state index in [1.807, 2.05) is 12.3 Å². The number of aliphatic hydroxyl groups is 1. The van der Waals surface area contributed by atoms with E-state index in [9.17, 15) is 5.11 Å². The molecule has 3 nitrogen and oxygen atoms in total. The lowest BCUT2D eigenvalue weighted by molar-refractivity contribution is 0.0783. The van der Waals surface area contributed by atoms with Gasteiger partial charge in [-0.05, 0) is 44.0 Å². The summed E-state index contributed by atoms with van der Waals surface area (Å²) in [6.45, 7) is 4.19. The van der Waals surface area contributed by atoms with Gasteiger partial charge < -0.3 is 10.8 Å². The van der Waals surface area contributed by atoms with Crippen LogP contribution in [0, 0.1) is 0 Å². The number of aromatic nitrogens is 1. The Labute approximate surface area is 114 Å². The van der Waals surface area contributed by atoms with Crippen molar-refractivity contribution in [1.82, 2.24) is 4.98 Å². The van der Waals surface area contributed by atoms with Gasteiger partial charge in [-0.2, -0.15) is 0 Å². The minimum absolute atomic E-state index is 0.662. The summed E-state index contributed by atoms with van der Waals surface area (Å²) in [5, 5.41) is 10.0. The van der Waals surface area contributed by atoms with Gasteiger partial charge >= 0.3 is 0 Å². The van der Waals surface area contributed by atoms with Crippen LogP contribution in [0.4, 0.5) is 0 Å². The molecule has 0 radical (unpaired) electrons. The Balaban J connectivity index is 2.31. The second-order valence-corrected chi connectivity index (χ2v) is 5.26. The number of benzene rings is 1. The summed E-state index contributed by atoms with van der Waals surface area (Å²) in [4.78, 5) is 4.21. The monoisotopic (exact) mass is 256 g/mol. The number of nitrogens with zero attached hydrogens (tertiary/aromatic N) is 1. The third-order valence-electron chi connectivity index (χ3n) is 3.16. The van der Waals surface area contributed by atoms with Gasteiger partial charge in [-0.3, -0.25) is 4.98 Å².